The van der Waals surface area contributed by atoms with E-state index in [1.54, 1.807) is 7.11 Å². The van der Waals surface area contributed by atoms with Crippen LogP contribution < -0.4 is 0 Å². The van der Waals surface area contributed by atoms with Crippen molar-refractivity contribution >= 4 is 17.2 Å². The highest BCUT2D eigenvalue weighted by Gasteiger charge is 2.28. The van der Waals surface area contributed by atoms with Gasteiger partial charge in [-0.15, -0.1) is 11.3 Å². The van der Waals surface area contributed by atoms with E-state index in [2.05, 4.69) is 11.8 Å². The molecule has 0 saturated carbocycles. The lowest BCUT2D eigenvalue weighted by molar-refractivity contribution is 0.0780. The second kappa shape index (κ2) is 6.71. The van der Waals surface area contributed by atoms with E-state index in [1.807, 2.05) is 16.3 Å². The second-order valence-electron chi connectivity index (χ2n) is 4.48. The first-order valence-corrected chi connectivity index (χ1v) is 7.09. The molecule has 1 aromatic rings. The Hall–Kier alpha value is -1.35. The van der Waals surface area contributed by atoms with Crippen LogP contribution in [0.5, 0.6) is 0 Å². The van der Waals surface area contributed by atoms with Crippen LogP contribution in [-0.2, 0) is 4.74 Å². The highest BCUT2D eigenvalue weighted by molar-refractivity contribution is 7.12. The predicted octanol–water partition coefficient (Wildman–Crippen LogP) is 1.20. The van der Waals surface area contributed by atoms with Gasteiger partial charge < -0.3 is 14.7 Å². The Kier molecular flexibility index (Phi) is 4.97. The molecule has 19 heavy (non-hydrogen) atoms. The van der Waals surface area contributed by atoms with E-state index in [0.29, 0.717) is 23.0 Å². The molecule has 1 amide bonds. The number of likely N-dealkylation sites (tertiary alicyclic amines) is 1. The van der Waals surface area contributed by atoms with Crippen LogP contribution in [0.25, 0.3) is 0 Å². The zero-order valence-electron chi connectivity index (χ0n) is 10.9. The molecule has 1 N–H and O–H groups in total. The number of rotatable bonds is 3. The molecule has 102 valence electrons. The first-order valence-electron chi connectivity index (χ1n) is 6.21. The Labute approximate surface area is 117 Å². The summed E-state index contributed by atoms with van der Waals surface area (Å²) in [5.41, 5.74) is 0.708. The van der Waals surface area contributed by atoms with E-state index in [9.17, 15) is 4.79 Å². The molecule has 0 radical (unpaired) electrons. The summed E-state index contributed by atoms with van der Waals surface area (Å²) in [5, 5.41) is 10.6. The molecule has 0 bridgehead atoms. The Morgan fingerprint density at radius 2 is 2.53 bits per heavy atom. The number of aliphatic hydroxyl groups is 1. The fraction of sp³-hybridized carbons (Fsp3) is 0.500. The molecular weight excluding hydrogens is 262 g/mol. The Morgan fingerprint density at radius 3 is 3.26 bits per heavy atom. The van der Waals surface area contributed by atoms with Crippen molar-refractivity contribution < 1.29 is 14.6 Å². The lowest BCUT2D eigenvalue weighted by Crippen LogP contribution is -2.29. The average molecular weight is 279 g/mol. The van der Waals surface area contributed by atoms with E-state index >= 15 is 0 Å². The summed E-state index contributed by atoms with van der Waals surface area (Å²) in [7, 11) is 1.69. The van der Waals surface area contributed by atoms with Crippen LogP contribution in [0, 0.1) is 17.8 Å². The van der Waals surface area contributed by atoms with Crippen LogP contribution in [-0.4, -0.2) is 49.3 Å². The number of nitrogens with zero attached hydrogens (tertiary/aromatic N) is 1. The van der Waals surface area contributed by atoms with Gasteiger partial charge in [0.25, 0.3) is 5.91 Å². The topological polar surface area (TPSA) is 49.8 Å². The highest BCUT2D eigenvalue weighted by atomic mass is 32.1. The predicted molar refractivity (Wildman–Crippen MR) is 74.2 cm³/mol. The van der Waals surface area contributed by atoms with E-state index < -0.39 is 0 Å². The van der Waals surface area contributed by atoms with E-state index in [-0.39, 0.29) is 12.5 Å². The molecule has 5 heteroatoms. The van der Waals surface area contributed by atoms with Gasteiger partial charge in [-0.25, -0.2) is 0 Å². The van der Waals surface area contributed by atoms with Gasteiger partial charge in [0.15, 0.2) is 0 Å². The average Bonchev–Trinajstić information content (AvgIpc) is 3.04. The molecule has 1 aromatic heterocycles. The monoisotopic (exact) mass is 279 g/mol. The maximum atomic E-state index is 12.4. The van der Waals surface area contributed by atoms with Gasteiger partial charge in [-0.1, -0.05) is 11.8 Å². The van der Waals surface area contributed by atoms with Crippen molar-refractivity contribution in [3.05, 3.63) is 21.9 Å². The third-order valence-corrected chi connectivity index (χ3v) is 4.04. The lowest BCUT2D eigenvalue weighted by atomic mass is 10.1. The summed E-state index contributed by atoms with van der Waals surface area (Å²) in [4.78, 5) is 14.9. The normalized spacial score (nSPS) is 18.2. The van der Waals surface area contributed by atoms with Crippen LogP contribution in [0.15, 0.2) is 11.4 Å². The molecular formula is C14H17NO3S. The molecule has 2 rings (SSSR count). The van der Waals surface area contributed by atoms with Crippen LogP contribution >= 0.6 is 11.3 Å². The Bertz CT molecular complexity index is 500. The summed E-state index contributed by atoms with van der Waals surface area (Å²) in [6.45, 7) is 2.03. The zero-order chi connectivity index (χ0) is 13.7. The Balaban J connectivity index is 2.06. The number of aliphatic hydroxyl groups excluding tert-OH is 1. The fourth-order valence-electron chi connectivity index (χ4n) is 2.24. The minimum Gasteiger partial charge on any atom is -0.384 e. The van der Waals surface area contributed by atoms with Gasteiger partial charge in [0.2, 0.25) is 0 Å². The molecule has 1 fully saturated rings. The number of ether oxygens (including phenoxy) is 1. The van der Waals surface area contributed by atoms with E-state index in [4.69, 9.17) is 9.84 Å². The van der Waals surface area contributed by atoms with Gasteiger partial charge in [0, 0.05) is 31.7 Å². The molecule has 4 nitrogen and oxygen atoms in total. The molecule has 1 atom stereocenters. The van der Waals surface area contributed by atoms with Crippen molar-refractivity contribution in [1.29, 1.82) is 0 Å². The first-order chi connectivity index (χ1) is 9.26. The number of amides is 1. The molecule has 2 heterocycles. The van der Waals surface area contributed by atoms with Gasteiger partial charge in [0.1, 0.15) is 11.5 Å². The number of thiophene rings is 1. The largest absolute Gasteiger partial charge is 0.384 e. The standard InChI is InChI=1S/C14H17NO3S/c1-18-10-11-4-6-15(9-11)14(17)13-12(3-2-7-16)5-8-19-13/h5,8,11,16H,4,6-7,9-10H2,1H3. The lowest BCUT2D eigenvalue weighted by Gasteiger charge is -2.15. The van der Waals surface area contributed by atoms with Crippen molar-refractivity contribution in [1.82, 2.24) is 4.90 Å². The number of hydrogen-bond acceptors (Lipinski definition) is 4. The molecule has 1 saturated heterocycles. The highest BCUT2D eigenvalue weighted by Crippen LogP contribution is 2.23. The summed E-state index contributed by atoms with van der Waals surface area (Å²) in [5.74, 6) is 5.88. The van der Waals surface area contributed by atoms with Gasteiger partial charge >= 0.3 is 0 Å². The maximum absolute atomic E-state index is 12.4. The zero-order valence-corrected chi connectivity index (χ0v) is 11.7. The third kappa shape index (κ3) is 3.35. The fourth-order valence-corrected chi connectivity index (χ4v) is 3.06. The molecule has 1 aliphatic heterocycles. The van der Waals surface area contributed by atoms with Crippen molar-refractivity contribution in [2.24, 2.45) is 5.92 Å². The third-order valence-electron chi connectivity index (χ3n) is 3.14. The summed E-state index contributed by atoms with van der Waals surface area (Å²) >= 11 is 1.40. The second-order valence-corrected chi connectivity index (χ2v) is 5.40. The quantitative estimate of drug-likeness (QED) is 0.846. The molecule has 1 unspecified atom stereocenters. The van der Waals surface area contributed by atoms with E-state index in [1.165, 1.54) is 11.3 Å². The first kappa shape index (κ1) is 14.1. The summed E-state index contributed by atoms with van der Waals surface area (Å²) in [6, 6.07) is 1.82. The van der Waals surface area contributed by atoms with Crippen molar-refractivity contribution in [2.75, 3.05) is 33.4 Å². The molecule has 1 aliphatic rings. The number of carbonyl (C=O) groups excluding carboxylic acids is 1. The summed E-state index contributed by atoms with van der Waals surface area (Å²) in [6.07, 6.45) is 0.989. The van der Waals surface area contributed by atoms with E-state index in [0.717, 1.165) is 19.5 Å². The van der Waals surface area contributed by atoms with Crippen molar-refractivity contribution in [3.8, 4) is 11.8 Å². The number of hydrogen-bond donors (Lipinski definition) is 1. The maximum Gasteiger partial charge on any atom is 0.265 e. The smallest absolute Gasteiger partial charge is 0.265 e. The van der Waals surface area contributed by atoms with Gasteiger partial charge in [-0.3, -0.25) is 4.79 Å². The van der Waals surface area contributed by atoms with Gasteiger partial charge in [-0.05, 0) is 17.9 Å². The van der Waals surface area contributed by atoms with Crippen molar-refractivity contribution in [3.63, 3.8) is 0 Å². The van der Waals surface area contributed by atoms with Crippen LogP contribution in [0.3, 0.4) is 0 Å². The van der Waals surface area contributed by atoms with Crippen LogP contribution in [0.1, 0.15) is 21.7 Å². The minimum atomic E-state index is -0.191. The minimum absolute atomic E-state index is 0.0378. The molecule has 0 aliphatic carbocycles. The Morgan fingerprint density at radius 1 is 1.68 bits per heavy atom. The molecule has 0 aromatic carbocycles. The number of methoxy groups -OCH3 is 1. The molecule has 0 spiro atoms. The number of carbonyl (C=O) groups is 1. The van der Waals surface area contributed by atoms with Gasteiger partial charge in [-0.2, -0.15) is 0 Å². The van der Waals surface area contributed by atoms with Gasteiger partial charge in [0.05, 0.1) is 6.61 Å². The van der Waals surface area contributed by atoms with Crippen molar-refractivity contribution in [2.45, 2.75) is 6.42 Å². The SMILES string of the molecule is COCC1CCN(C(=O)c2sccc2C#CCO)C1. The summed E-state index contributed by atoms with van der Waals surface area (Å²) < 4.78 is 5.14. The van der Waals surface area contributed by atoms with Crippen LogP contribution in [0.4, 0.5) is 0 Å². The van der Waals surface area contributed by atoms with Crippen LogP contribution in [0.2, 0.25) is 0 Å².